The van der Waals surface area contributed by atoms with Crippen LogP contribution >= 0.6 is 0 Å². The van der Waals surface area contributed by atoms with E-state index in [1.807, 2.05) is 48.5 Å². The van der Waals surface area contributed by atoms with Gasteiger partial charge in [0.05, 0.1) is 19.6 Å². The van der Waals surface area contributed by atoms with Gasteiger partial charge in [0.25, 0.3) is 0 Å². The van der Waals surface area contributed by atoms with Crippen LogP contribution in [0, 0.1) is 0 Å². The summed E-state index contributed by atoms with van der Waals surface area (Å²) < 4.78 is 25.3. The maximum absolute atomic E-state index is 12.7. The van der Waals surface area contributed by atoms with Crippen LogP contribution in [0.25, 0.3) is 0 Å². The van der Waals surface area contributed by atoms with Gasteiger partial charge in [0.2, 0.25) is 0 Å². The van der Waals surface area contributed by atoms with Crippen molar-refractivity contribution in [3.05, 3.63) is 71.8 Å². The van der Waals surface area contributed by atoms with Crippen molar-refractivity contribution in [1.82, 2.24) is 0 Å². The van der Waals surface area contributed by atoms with Crippen LogP contribution < -0.4 is 0 Å². The molecule has 0 amide bonds. The van der Waals surface area contributed by atoms with Crippen molar-refractivity contribution < 1.29 is 8.42 Å². The Balaban J connectivity index is 2.24. The van der Waals surface area contributed by atoms with Crippen LogP contribution in [-0.2, 0) is 15.6 Å². The topological polar surface area (TPSA) is 34.1 Å². The summed E-state index contributed by atoms with van der Waals surface area (Å²) in [6.45, 7) is 6.72. The van der Waals surface area contributed by atoms with E-state index in [-0.39, 0.29) is 17.0 Å². The maximum atomic E-state index is 12.7. The second-order valence-corrected chi connectivity index (χ2v) is 14.4. The predicted octanol–water partition coefficient (Wildman–Crippen LogP) is 4.26. The molecule has 1 atom stereocenters. The second-order valence-electron chi connectivity index (χ2n) is 6.87. The first-order valence-corrected chi connectivity index (χ1v) is 13.0. The molecule has 0 heterocycles. The van der Waals surface area contributed by atoms with Crippen LogP contribution in [0.2, 0.25) is 19.6 Å². The third-order valence-corrected chi connectivity index (χ3v) is 8.44. The van der Waals surface area contributed by atoms with Crippen LogP contribution in [0.15, 0.2) is 60.7 Å². The highest BCUT2D eigenvalue weighted by molar-refractivity contribution is 7.90. The molecule has 2 rings (SSSR count). The van der Waals surface area contributed by atoms with Gasteiger partial charge in [-0.2, -0.15) is 0 Å². The SMILES string of the molecule is C[Si](C)(C)C(CS(=O)(=O)Cc1ccccc1)c1ccccc1. The Morgan fingerprint density at radius 3 is 1.86 bits per heavy atom. The Kier molecular flexibility index (Phi) is 5.24. The molecular formula is C18H24O2SSi. The van der Waals surface area contributed by atoms with Gasteiger partial charge in [-0.3, -0.25) is 0 Å². The summed E-state index contributed by atoms with van der Waals surface area (Å²) in [6, 6.07) is 19.5. The lowest BCUT2D eigenvalue weighted by Crippen LogP contribution is -2.36. The number of rotatable bonds is 6. The van der Waals surface area contributed by atoms with Crippen molar-refractivity contribution in [3.63, 3.8) is 0 Å². The fourth-order valence-corrected chi connectivity index (χ4v) is 8.15. The van der Waals surface area contributed by atoms with Gasteiger partial charge in [-0.15, -0.1) is 0 Å². The van der Waals surface area contributed by atoms with E-state index in [4.69, 9.17) is 0 Å². The molecule has 22 heavy (non-hydrogen) atoms. The predicted molar refractivity (Wildman–Crippen MR) is 96.5 cm³/mol. The zero-order chi connectivity index (χ0) is 16.2. The maximum Gasteiger partial charge on any atom is 0.154 e. The molecule has 118 valence electrons. The minimum absolute atomic E-state index is 0.127. The summed E-state index contributed by atoms with van der Waals surface area (Å²) >= 11 is 0. The Hall–Kier alpha value is -1.39. The van der Waals surface area contributed by atoms with Crippen LogP contribution in [0.5, 0.6) is 0 Å². The molecule has 2 aromatic carbocycles. The highest BCUT2D eigenvalue weighted by Crippen LogP contribution is 2.29. The molecule has 0 radical (unpaired) electrons. The van der Waals surface area contributed by atoms with Gasteiger partial charge in [0.15, 0.2) is 9.84 Å². The molecule has 0 aliphatic rings. The molecule has 0 N–H and O–H groups in total. The lowest BCUT2D eigenvalue weighted by molar-refractivity contribution is 0.593. The van der Waals surface area contributed by atoms with E-state index < -0.39 is 17.9 Å². The van der Waals surface area contributed by atoms with E-state index in [1.54, 1.807) is 0 Å². The molecule has 0 saturated heterocycles. The van der Waals surface area contributed by atoms with Crippen molar-refractivity contribution in [2.45, 2.75) is 30.9 Å². The van der Waals surface area contributed by atoms with Gasteiger partial charge in [0.1, 0.15) is 0 Å². The number of hydrogen-bond donors (Lipinski definition) is 0. The van der Waals surface area contributed by atoms with E-state index in [0.717, 1.165) is 11.1 Å². The molecule has 0 aliphatic carbocycles. The molecule has 0 saturated carbocycles. The smallest absolute Gasteiger partial charge is 0.154 e. The van der Waals surface area contributed by atoms with Gasteiger partial charge in [0, 0.05) is 0 Å². The van der Waals surface area contributed by atoms with Gasteiger partial charge < -0.3 is 0 Å². The highest BCUT2D eigenvalue weighted by Gasteiger charge is 2.32. The number of hydrogen-bond acceptors (Lipinski definition) is 2. The molecule has 0 aliphatic heterocycles. The standard InChI is InChI=1S/C18H24O2SSi/c1-22(2,3)18(17-12-8-5-9-13-17)15-21(19,20)14-16-10-6-4-7-11-16/h4-13,18H,14-15H2,1-3H3. The summed E-state index contributed by atoms with van der Waals surface area (Å²) in [5.41, 5.74) is 2.14. The second kappa shape index (κ2) is 6.80. The normalized spacial score (nSPS) is 13.8. The zero-order valence-corrected chi connectivity index (χ0v) is 15.3. The molecule has 4 heteroatoms. The minimum atomic E-state index is -3.13. The Morgan fingerprint density at radius 1 is 0.864 bits per heavy atom. The van der Waals surface area contributed by atoms with Gasteiger partial charge in [-0.25, -0.2) is 8.42 Å². The summed E-state index contributed by atoms with van der Waals surface area (Å²) in [5, 5.41) is 0. The third kappa shape index (κ3) is 4.82. The number of sulfone groups is 1. The quantitative estimate of drug-likeness (QED) is 0.741. The lowest BCUT2D eigenvalue weighted by Gasteiger charge is -2.29. The van der Waals surface area contributed by atoms with Gasteiger partial charge >= 0.3 is 0 Å². The zero-order valence-electron chi connectivity index (χ0n) is 13.5. The van der Waals surface area contributed by atoms with Crippen molar-refractivity contribution in [2.24, 2.45) is 0 Å². The molecule has 1 unspecified atom stereocenters. The Morgan fingerprint density at radius 2 is 1.36 bits per heavy atom. The third-order valence-electron chi connectivity index (χ3n) is 3.90. The first kappa shape index (κ1) is 17.0. The van der Waals surface area contributed by atoms with E-state index in [2.05, 4.69) is 31.8 Å². The van der Waals surface area contributed by atoms with Crippen molar-refractivity contribution in [1.29, 1.82) is 0 Å². The molecular weight excluding hydrogens is 308 g/mol. The van der Waals surface area contributed by atoms with Crippen LogP contribution in [0.3, 0.4) is 0 Å². The van der Waals surface area contributed by atoms with Crippen LogP contribution in [0.4, 0.5) is 0 Å². The number of benzene rings is 2. The average Bonchev–Trinajstić information content (AvgIpc) is 2.45. The molecule has 0 fully saturated rings. The molecule has 0 spiro atoms. The Bertz CT molecular complexity index is 689. The molecule has 0 bridgehead atoms. The van der Waals surface area contributed by atoms with Crippen LogP contribution in [-0.4, -0.2) is 22.2 Å². The Labute approximate surface area is 135 Å². The van der Waals surface area contributed by atoms with E-state index in [9.17, 15) is 8.42 Å². The monoisotopic (exact) mass is 332 g/mol. The molecule has 2 nitrogen and oxygen atoms in total. The summed E-state index contributed by atoms with van der Waals surface area (Å²) in [4.78, 5) is 0. The van der Waals surface area contributed by atoms with Gasteiger partial charge in [-0.1, -0.05) is 80.3 Å². The summed E-state index contributed by atoms with van der Waals surface area (Å²) in [6.07, 6.45) is 0. The molecule has 2 aromatic rings. The first-order valence-electron chi connectivity index (χ1n) is 7.57. The fourth-order valence-electron chi connectivity index (χ4n) is 2.67. The van der Waals surface area contributed by atoms with Crippen molar-refractivity contribution >= 4 is 17.9 Å². The average molecular weight is 333 g/mol. The first-order chi connectivity index (χ1) is 10.3. The highest BCUT2D eigenvalue weighted by atomic mass is 32.2. The van der Waals surface area contributed by atoms with Crippen LogP contribution in [0.1, 0.15) is 16.7 Å². The van der Waals surface area contributed by atoms with E-state index in [0.29, 0.717) is 0 Å². The van der Waals surface area contributed by atoms with Crippen molar-refractivity contribution in [2.75, 3.05) is 5.75 Å². The van der Waals surface area contributed by atoms with E-state index in [1.165, 1.54) is 0 Å². The largest absolute Gasteiger partial charge is 0.228 e. The minimum Gasteiger partial charge on any atom is -0.228 e. The summed E-state index contributed by atoms with van der Waals surface area (Å²) in [7, 11) is -4.76. The lowest BCUT2D eigenvalue weighted by atomic mass is 10.2. The molecule has 0 aromatic heterocycles. The van der Waals surface area contributed by atoms with Crippen molar-refractivity contribution in [3.8, 4) is 0 Å². The summed E-state index contributed by atoms with van der Waals surface area (Å²) in [5.74, 6) is 0.364. The van der Waals surface area contributed by atoms with E-state index >= 15 is 0 Å². The van der Waals surface area contributed by atoms with Gasteiger partial charge in [-0.05, 0) is 16.7 Å². The fraction of sp³-hybridized carbons (Fsp3) is 0.333.